The summed E-state index contributed by atoms with van der Waals surface area (Å²) in [4.78, 5) is 11.6. The van der Waals surface area contributed by atoms with Gasteiger partial charge in [-0.1, -0.05) is 6.92 Å². The molecular weight excluding hydrogens is 244 g/mol. The third kappa shape index (κ3) is 5.97. The molecule has 1 heterocycles. The molecule has 5 heteroatoms. The molecule has 0 bridgehead atoms. The molecule has 1 aliphatic rings. The standard InChI is InChI=1S/C11H22N2OS.ClH/c1-9(7-12-2)11(14)13-8-10-3-5-15-6-4-10;/h9-10,12H,3-8H2,1-2H3,(H,13,14);1H. The van der Waals surface area contributed by atoms with E-state index in [0.29, 0.717) is 5.92 Å². The molecule has 1 saturated heterocycles. The van der Waals surface area contributed by atoms with Gasteiger partial charge in [-0.15, -0.1) is 12.4 Å². The summed E-state index contributed by atoms with van der Waals surface area (Å²) in [5.74, 6) is 3.48. The normalized spacial score (nSPS) is 18.6. The van der Waals surface area contributed by atoms with Crippen LogP contribution in [0.3, 0.4) is 0 Å². The van der Waals surface area contributed by atoms with Gasteiger partial charge in [-0.3, -0.25) is 4.79 Å². The third-order valence-electron chi connectivity index (χ3n) is 2.86. The van der Waals surface area contributed by atoms with Gasteiger partial charge in [-0.05, 0) is 37.3 Å². The van der Waals surface area contributed by atoms with Crippen LogP contribution in [-0.4, -0.2) is 37.6 Å². The van der Waals surface area contributed by atoms with Gasteiger partial charge in [-0.25, -0.2) is 0 Å². The van der Waals surface area contributed by atoms with Crippen LogP contribution < -0.4 is 10.6 Å². The maximum absolute atomic E-state index is 11.6. The Balaban J connectivity index is 0.00000225. The van der Waals surface area contributed by atoms with Crippen LogP contribution in [0.25, 0.3) is 0 Å². The molecule has 1 rings (SSSR count). The highest BCUT2D eigenvalue weighted by Gasteiger charge is 2.16. The van der Waals surface area contributed by atoms with Gasteiger partial charge in [0.2, 0.25) is 5.91 Å². The van der Waals surface area contributed by atoms with Crippen molar-refractivity contribution in [2.45, 2.75) is 19.8 Å². The summed E-state index contributed by atoms with van der Waals surface area (Å²) in [5, 5.41) is 6.07. The van der Waals surface area contributed by atoms with E-state index in [4.69, 9.17) is 0 Å². The molecule has 2 N–H and O–H groups in total. The van der Waals surface area contributed by atoms with Gasteiger partial charge in [0.05, 0.1) is 0 Å². The number of hydrogen-bond donors (Lipinski definition) is 2. The van der Waals surface area contributed by atoms with Gasteiger partial charge >= 0.3 is 0 Å². The summed E-state index contributed by atoms with van der Waals surface area (Å²) in [6.45, 7) is 3.59. The van der Waals surface area contributed by atoms with Gasteiger partial charge in [0, 0.05) is 19.0 Å². The van der Waals surface area contributed by atoms with Crippen LogP contribution in [0, 0.1) is 11.8 Å². The average Bonchev–Trinajstić information content (AvgIpc) is 2.27. The van der Waals surface area contributed by atoms with Crippen molar-refractivity contribution in [1.82, 2.24) is 10.6 Å². The minimum atomic E-state index is 0. The number of amides is 1. The quantitative estimate of drug-likeness (QED) is 0.793. The van der Waals surface area contributed by atoms with Crippen LogP contribution in [-0.2, 0) is 4.79 Å². The van der Waals surface area contributed by atoms with Gasteiger partial charge in [0.1, 0.15) is 0 Å². The molecule has 0 radical (unpaired) electrons. The zero-order chi connectivity index (χ0) is 11.1. The molecule has 1 atom stereocenters. The number of nitrogens with one attached hydrogen (secondary N) is 2. The van der Waals surface area contributed by atoms with Gasteiger partial charge in [0.25, 0.3) is 0 Å². The average molecular weight is 267 g/mol. The lowest BCUT2D eigenvalue weighted by molar-refractivity contribution is -0.124. The Hall–Kier alpha value is 0.0700. The Kier molecular flexibility index (Phi) is 9.18. The van der Waals surface area contributed by atoms with Crippen LogP contribution in [0.15, 0.2) is 0 Å². The summed E-state index contributed by atoms with van der Waals surface area (Å²) in [7, 11) is 1.88. The lowest BCUT2D eigenvalue weighted by Crippen LogP contribution is -2.37. The minimum absolute atomic E-state index is 0. The molecule has 1 aliphatic heterocycles. The number of rotatable bonds is 5. The molecule has 3 nitrogen and oxygen atoms in total. The van der Waals surface area contributed by atoms with E-state index in [-0.39, 0.29) is 24.2 Å². The Labute approximate surface area is 109 Å². The maximum atomic E-state index is 11.6. The molecule has 1 fully saturated rings. The largest absolute Gasteiger partial charge is 0.356 e. The van der Waals surface area contributed by atoms with E-state index in [9.17, 15) is 4.79 Å². The molecule has 0 saturated carbocycles. The highest BCUT2D eigenvalue weighted by atomic mass is 35.5. The number of hydrogen-bond acceptors (Lipinski definition) is 3. The smallest absolute Gasteiger partial charge is 0.224 e. The Morgan fingerprint density at radius 2 is 2.06 bits per heavy atom. The predicted octanol–water partition coefficient (Wildman–Crippen LogP) is 1.52. The highest BCUT2D eigenvalue weighted by molar-refractivity contribution is 7.99. The summed E-state index contributed by atoms with van der Waals surface area (Å²) < 4.78 is 0. The van der Waals surface area contributed by atoms with Crippen LogP contribution in [0.1, 0.15) is 19.8 Å². The number of carbonyl (C=O) groups is 1. The number of carbonyl (C=O) groups excluding carboxylic acids is 1. The third-order valence-corrected chi connectivity index (χ3v) is 3.91. The van der Waals surface area contributed by atoms with Crippen molar-refractivity contribution in [3.8, 4) is 0 Å². The van der Waals surface area contributed by atoms with E-state index in [2.05, 4.69) is 10.6 Å². The predicted molar refractivity (Wildman–Crippen MR) is 73.4 cm³/mol. The first kappa shape index (κ1) is 16.1. The first-order chi connectivity index (χ1) is 7.24. The van der Waals surface area contributed by atoms with Crippen molar-refractivity contribution in [2.75, 3.05) is 31.6 Å². The van der Waals surface area contributed by atoms with Crippen LogP contribution in [0.5, 0.6) is 0 Å². The van der Waals surface area contributed by atoms with Crippen molar-refractivity contribution in [2.24, 2.45) is 11.8 Å². The van der Waals surface area contributed by atoms with E-state index in [1.54, 1.807) is 0 Å². The molecule has 0 aliphatic carbocycles. The summed E-state index contributed by atoms with van der Waals surface area (Å²) in [6, 6.07) is 0. The first-order valence-corrected chi connectivity index (χ1v) is 6.89. The second-order valence-electron chi connectivity index (χ2n) is 4.26. The zero-order valence-electron chi connectivity index (χ0n) is 10.1. The fourth-order valence-electron chi connectivity index (χ4n) is 1.77. The monoisotopic (exact) mass is 266 g/mol. The van der Waals surface area contributed by atoms with Crippen LogP contribution >= 0.6 is 24.2 Å². The van der Waals surface area contributed by atoms with Gasteiger partial charge in [0.15, 0.2) is 0 Å². The molecular formula is C11H23ClN2OS. The van der Waals surface area contributed by atoms with E-state index in [1.165, 1.54) is 24.3 Å². The van der Waals surface area contributed by atoms with E-state index in [1.807, 2.05) is 25.7 Å². The topological polar surface area (TPSA) is 41.1 Å². The summed E-state index contributed by atoms with van der Waals surface area (Å²) in [6.07, 6.45) is 2.51. The molecule has 16 heavy (non-hydrogen) atoms. The van der Waals surface area contributed by atoms with E-state index in [0.717, 1.165) is 13.1 Å². The Morgan fingerprint density at radius 1 is 1.44 bits per heavy atom. The Bertz CT molecular complexity index is 198. The van der Waals surface area contributed by atoms with Crippen LogP contribution in [0.2, 0.25) is 0 Å². The summed E-state index contributed by atoms with van der Waals surface area (Å²) >= 11 is 2.02. The fraction of sp³-hybridized carbons (Fsp3) is 0.909. The van der Waals surface area contributed by atoms with Crippen LogP contribution in [0.4, 0.5) is 0 Å². The van der Waals surface area contributed by atoms with Crippen molar-refractivity contribution in [1.29, 1.82) is 0 Å². The van der Waals surface area contributed by atoms with E-state index < -0.39 is 0 Å². The first-order valence-electron chi connectivity index (χ1n) is 5.74. The molecule has 1 unspecified atom stereocenters. The molecule has 0 aromatic rings. The zero-order valence-corrected chi connectivity index (χ0v) is 11.8. The van der Waals surface area contributed by atoms with Crippen molar-refractivity contribution in [3.63, 3.8) is 0 Å². The lowest BCUT2D eigenvalue weighted by atomic mass is 10.0. The molecule has 0 aromatic carbocycles. The van der Waals surface area contributed by atoms with Gasteiger partial charge < -0.3 is 10.6 Å². The number of thioether (sulfide) groups is 1. The fourth-order valence-corrected chi connectivity index (χ4v) is 2.97. The molecule has 0 spiro atoms. The van der Waals surface area contributed by atoms with Gasteiger partial charge in [-0.2, -0.15) is 11.8 Å². The van der Waals surface area contributed by atoms with Crippen molar-refractivity contribution in [3.05, 3.63) is 0 Å². The maximum Gasteiger partial charge on any atom is 0.224 e. The molecule has 96 valence electrons. The van der Waals surface area contributed by atoms with E-state index >= 15 is 0 Å². The number of halogens is 1. The van der Waals surface area contributed by atoms with Crippen molar-refractivity contribution < 1.29 is 4.79 Å². The molecule has 0 aromatic heterocycles. The second-order valence-corrected chi connectivity index (χ2v) is 5.48. The second kappa shape index (κ2) is 9.14. The highest BCUT2D eigenvalue weighted by Crippen LogP contribution is 2.21. The lowest BCUT2D eigenvalue weighted by Gasteiger charge is -2.22. The van der Waals surface area contributed by atoms with Crippen molar-refractivity contribution >= 4 is 30.1 Å². The summed E-state index contributed by atoms with van der Waals surface area (Å²) in [5.41, 5.74) is 0. The SMILES string of the molecule is CNCC(C)C(=O)NCC1CCSCC1.Cl. The Morgan fingerprint density at radius 3 is 2.62 bits per heavy atom. The minimum Gasteiger partial charge on any atom is -0.356 e. The molecule has 1 amide bonds.